The Kier molecular flexibility index (Phi) is 4.88. The minimum atomic E-state index is -0.821. The van der Waals surface area contributed by atoms with E-state index in [1.807, 2.05) is 30.3 Å². The van der Waals surface area contributed by atoms with Gasteiger partial charge >= 0.3 is 5.97 Å². The molecule has 1 unspecified atom stereocenters. The number of aliphatic carboxylic acids is 1. The number of carboxylic acid groups (broad SMARTS) is 1. The normalized spacial score (nSPS) is 22.7. The first-order valence-electron chi connectivity index (χ1n) is 8.58. The fraction of sp³-hybridized carbons (Fsp3) is 0.474. The minimum absolute atomic E-state index is 0.174. The van der Waals surface area contributed by atoms with Crippen molar-refractivity contribution >= 4 is 22.8 Å². The lowest BCUT2D eigenvalue weighted by Gasteiger charge is -2.24. The molecule has 0 bridgehead atoms. The Bertz CT molecular complexity index is 703. The van der Waals surface area contributed by atoms with Crippen LogP contribution in [0.4, 0.5) is 0 Å². The highest BCUT2D eigenvalue weighted by atomic mass is 16.4. The quantitative estimate of drug-likeness (QED) is 0.839. The first-order chi connectivity index (χ1) is 11.6. The monoisotopic (exact) mass is 329 g/mol. The molecule has 1 aromatic heterocycles. The SMILES string of the molecule is CC(C(=O)N[C@H]1CCCCC[C@H]1C(=O)O)c1cc2ccccc2o1. The molecule has 3 rings (SSSR count). The molecule has 2 N–H and O–H groups in total. The van der Waals surface area contributed by atoms with Gasteiger partial charge < -0.3 is 14.8 Å². The number of amides is 1. The average Bonchev–Trinajstić information content (AvgIpc) is 2.86. The number of nitrogens with one attached hydrogen (secondary N) is 1. The molecule has 1 amide bonds. The Labute approximate surface area is 141 Å². The molecule has 0 spiro atoms. The van der Waals surface area contributed by atoms with Crippen LogP contribution in [0.5, 0.6) is 0 Å². The predicted molar refractivity (Wildman–Crippen MR) is 90.8 cm³/mol. The van der Waals surface area contributed by atoms with E-state index in [1.54, 1.807) is 6.92 Å². The second-order valence-corrected chi connectivity index (χ2v) is 6.61. The van der Waals surface area contributed by atoms with E-state index in [0.29, 0.717) is 12.2 Å². The highest BCUT2D eigenvalue weighted by molar-refractivity contribution is 5.86. The number of carboxylic acids is 1. The number of hydrogen-bond acceptors (Lipinski definition) is 3. The van der Waals surface area contributed by atoms with Crippen LogP contribution in [0.1, 0.15) is 50.7 Å². The van der Waals surface area contributed by atoms with Crippen LogP contribution in [0.2, 0.25) is 0 Å². The van der Waals surface area contributed by atoms with Gasteiger partial charge in [0.25, 0.3) is 0 Å². The Morgan fingerprint density at radius 2 is 1.96 bits per heavy atom. The maximum absolute atomic E-state index is 12.6. The van der Waals surface area contributed by atoms with E-state index in [1.165, 1.54) is 0 Å². The summed E-state index contributed by atoms with van der Waals surface area (Å²) in [5.41, 5.74) is 0.755. The second kappa shape index (κ2) is 7.07. The van der Waals surface area contributed by atoms with Crippen molar-refractivity contribution in [3.8, 4) is 0 Å². The Morgan fingerprint density at radius 1 is 1.21 bits per heavy atom. The summed E-state index contributed by atoms with van der Waals surface area (Å²) in [5.74, 6) is -1.34. The molecule has 0 saturated heterocycles. The fourth-order valence-electron chi connectivity index (χ4n) is 3.43. The van der Waals surface area contributed by atoms with E-state index in [4.69, 9.17) is 4.42 Å². The lowest BCUT2D eigenvalue weighted by molar-refractivity contribution is -0.143. The maximum atomic E-state index is 12.6. The van der Waals surface area contributed by atoms with Crippen LogP contribution in [0, 0.1) is 5.92 Å². The van der Waals surface area contributed by atoms with Crippen molar-refractivity contribution in [2.24, 2.45) is 5.92 Å². The van der Waals surface area contributed by atoms with E-state index >= 15 is 0 Å². The van der Waals surface area contributed by atoms with Gasteiger partial charge in [0.1, 0.15) is 11.3 Å². The lowest BCUT2D eigenvalue weighted by Crippen LogP contribution is -2.44. The van der Waals surface area contributed by atoms with Gasteiger partial charge in [0.2, 0.25) is 5.91 Å². The Morgan fingerprint density at radius 3 is 2.71 bits per heavy atom. The van der Waals surface area contributed by atoms with Gasteiger partial charge in [-0.15, -0.1) is 0 Å². The van der Waals surface area contributed by atoms with Gasteiger partial charge in [-0.05, 0) is 31.9 Å². The summed E-state index contributed by atoms with van der Waals surface area (Å²) in [7, 11) is 0. The third kappa shape index (κ3) is 3.45. The lowest BCUT2D eigenvalue weighted by atomic mass is 9.94. The average molecular weight is 329 g/mol. The molecule has 3 atom stereocenters. The molecule has 24 heavy (non-hydrogen) atoms. The van der Waals surface area contributed by atoms with Crippen molar-refractivity contribution in [1.82, 2.24) is 5.32 Å². The standard InChI is InChI=1S/C19H23NO4/c1-12(17-11-13-7-5-6-10-16(13)24-17)18(21)20-15-9-4-2-3-8-14(15)19(22)23/h5-7,10-12,14-15H,2-4,8-9H2,1H3,(H,20,21)(H,22,23)/t12?,14-,15+/m1/s1. The summed E-state index contributed by atoms with van der Waals surface area (Å²) in [5, 5.41) is 13.3. The van der Waals surface area contributed by atoms with Crippen LogP contribution in [0.25, 0.3) is 11.0 Å². The number of para-hydroxylation sites is 1. The molecule has 1 saturated carbocycles. The van der Waals surface area contributed by atoms with E-state index in [9.17, 15) is 14.7 Å². The van der Waals surface area contributed by atoms with Crippen LogP contribution in [-0.4, -0.2) is 23.0 Å². The molecule has 128 valence electrons. The fourth-order valence-corrected chi connectivity index (χ4v) is 3.43. The number of benzene rings is 1. The zero-order chi connectivity index (χ0) is 17.1. The molecule has 1 heterocycles. The molecule has 2 aromatic rings. The van der Waals surface area contributed by atoms with Crippen molar-refractivity contribution in [1.29, 1.82) is 0 Å². The summed E-state index contributed by atoms with van der Waals surface area (Å²) in [4.78, 5) is 24.1. The highest BCUT2D eigenvalue weighted by Crippen LogP contribution is 2.27. The minimum Gasteiger partial charge on any atom is -0.481 e. The van der Waals surface area contributed by atoms with Crippen LogP contribution in [-0.2, 0) is 9.59 Å². The number of hydrogen-bond donors (Lipinski definition) is 2. The van der Waals surface area contributed by atoms with Crippen molar-refractivity contribution in [2.75, 3.05) is 0 Å². The zero-order valence-corrected chi connectivity index (χ0v) is 13.8. The number of rotatable bonds is 4. The van der Waals surface area contributed by atoms with Crippen LogP contribution in [0.3, 0.4) is 0 Å². The van der Waals surface area contributed by atoms with Crippen LogP contribution >= 0.6 is 0 Å². The van der Waals surface area contributed by atoms with Gasteiger partial charge in [-0.3, -0.25) is 9.59 Å². The highest BCUT2D eigenvalue weighted by Gasteiger charge is 2.32. The summed E-state index contributed by atoms with van der Waals surface area (Å²) < 4.78 is 5.76. The molecule has 1 aliphatic carbocycles. The van der Waals surface area contributed by atoms with E-state index in [2.05, 4.69) is 5.32 Å². The number of carbonyl (C=O) groups is 2. The van der Waals surface area contributed by atoms with Crippen molar-refractivity contribution in [3.63, 3.8) is 0 Å². The Balaban J connectivity index is 1.73. The first kappa shape index (κ1) is 16.6. The number of carbonyl (C=O) groups excluding carboxylic acids is 1. The van der Waals surface area contributed by atoms with Gasteiger partial charge in [0.05, 0.1) is 11.8 Å². The molecule has 1 fully saturated rings. The van der Waals surface area contributed by atoms with E-state index in [0.717, 1.165) is 36.7 Å². The second-order valence-electron chi connectivity index (χ2n) is 6.61. The summed E-state index contributed by atoms with van der Waals surface area (Å²) in [6.07, 6.45) is 4.22. The Hall–Kier alpha value is -2.30. The molecule has 0 radical (unpaired) electrons. The van der Waals surface area contributed by atoms with Gasteiger partial charge in [-0.25, -0.2) is 0 Å². The number of fused-ring (bicyclic) bond motifs is 1. The van der Waals surface area contributed by atoms with Gasteiger partial charge in [-0.1, -0.05) is 37.5 Å². The third-order valence-corrected chi connectivity index (χ3v) is 4.93. The molecule has 0 aliphatic heterocycles. The molecule has 1 aliphatic rings. The predicted octanol–water partition coefficient (Wildman–Crippen LogP) is 3.69. The largest absolute Gasteiger partial charge is 0.481 e. The summed E-state index contributed by atoms with van der Waals surface area (Å²) in [6, 6.07) is 9.21. The molecule has 5 nitrogen and oxygen atoms in total. The van der Waals surface area contributed by atoms with Crippen molar-refractivity contribution < 1.29 is 19.1 Å². The van der Waals surface area contributed by atoms with Crippen molar-refractivity contribution in [2.45, 2.75) is 51.0 Å². The van der Waals surface area contributed by atoms with Crippen LogP contribution < -0.4 is 5.32 Å². The van der Waals surface area contributed by atoms with Gasteiger partial charge in [0.15, 0.2) is 0 Å². The maximum Gasteiger partial charge on any atom is 0.308 e. The molecule has 5 heteroatoms. The first-order valence-corrected chi connectivity index (χ1v) is 8.58. The summed E-state index contributed by atoms with van der Waals surface area (Å²) in [6.45, 7) is 1.79. The summed E-state index contributed by atoms with van der Waals surface area (Å²) >= 11 is 0. The number of furan rings is 1. The third-order valence-electron chi connectivity index (χ3n) is 4.93. The zero-order valence-electron chi connectivity index (χ0n) is 13.8. The van der Waals surface area contributed by atoms with E-state index < -0.39 is 17.8 Å². The molecular formula is C19H23NO4. The smallest absolute Gasteiger partial charge is 0.308 e. The van der Waals surface area contributed by atoms with Gasteiger partial charge in [0, 0.05) is 11.4 Å². The molecule has 1 aromatic carbocycles. The topological polar surface area (TPSA) is 79.5 Å². The van der Waals surface area contributed by atoms with Crippen LogP contribution in [0.15, 0.2) is 34.7 Å². The van der Waals surface area contributed by atoms with Gasteiger partial charge in [-0.2, -0.15) is 0 Å². The van der Waals surface area contributed by atoms with E-state index in [-0.39, 0.29) is 11.9 Å². The van der Waals surface area contributed by atoms with Crippen molar-refractivity contribution in [3.05, 3.63) is 36.1 Å². The molecular weight excluding hydrogens is 306 g/mol.